The Morgan fingerprint density at radius 2 is 1.79 bits per heavy atom. The first-order chi connectivity index (χ1) is 16.0. The maximum Gasteiger partial charge on any atom is 0.207 e. The molecule has 0 saturated carbocycles. The van der Waals surface area contributed by atoms with E-state index in [-0.39, 0.29) is 5.83 Å². The number of halogens is 1. The number of carbonyl (C=O) groups is 1. The number of piperazine rings is 1. The molecule has 0 spiro atoms. The highest BCUT2D eigenvalue weighted by Gasteiger charge is 2.12. The van der Waals surface area contributed by atoms with Crippen molar-refractivity contribution in [2.24, 2.45) is 5.73 Å². The van der Waals surface area contributed by atoms with Crippen LogP contribution in [0.5, 0.6) is 0 Å². The van der Waals surface area contributed by atoms with Crippen molar-refractivity contribution in [1.82, 2.24) is 15.5 Å². The van der Waals surface area contributed by atoms with Crippen LogP contribution in [0.25, 0.3) is 0 Å². The Kier molecular flexibility index (Phi) is 17.0. The first-order valence-corrected chi connectivity index (χ1v) is 11.4. The first kappa shape index (κ1) is 30.1. The Hall–Kier alpha value is -2.90. The second-order valence-electron chi connectivity index (χ2n) is 7.21. The Labute approximate surface area is 199 Å². The second-order valence-corrected chi connectivity index (χ2v) is 7.21. The standard InChI is InChI=1S/C12H17N3O.C10H12FN.C3H8.CH5N/c16-10-14-9-11-1-3-12(4-2-11)15-7-5-13-6-8-15;1-4-8(2)12-7-5-6-10(11)9(12)3;1-3-2;1-2/h1-4,10,13H,5-9H2,(H,14,16);4-7H,3H2,1-2H3;3H2,1-2H3;2H2,1H3/b;8-4-;;. The van der Waals surface area contributed by atoms with Crippen LogP contribution in [0, 0.1) is 0 Å². The molecule has 1 aromatic rings. The van der Waals surface area contributed by atoms with Crippen molar-refractivity contribution in [1.29, 1.82) is 0 Å². The third-order valence-corrected chi connectivity index (χ3v) is 4.65. The Morgan fingerprint density at radius 3 is 2.30 bits per heavy atom. The molecule has 2 heterocycles. The Morgan fingerprint density at radius 1 is 1.21 bits per heavy atom. The van der Waals surface area contributed by atoms with Crippen molar-refractivity contribution >= 4 is 12.1 Å². The minimum atomic E-state index is -0.279. The van der Waals surface area contributed by atoms with Gasteiger partial charge < -0.3 is 26.2 Å². The van der Waals surface area contributed by atoms with Gasteiger partial charge in [0.15, 0.2) is 0 Å². The number of anilines is 1. The number of nitrogens with one attached hydrogen (secondary N) is 2. The van der Waals surface area contributed by atoms with E-state index in [4.69, 9.17) is 0 Å². The van der Waals surface area contributed by atoms with E-state index in [1.165, 1.54) is 25.2 Å². The van der Waals surface area contributed by atoms with Gasteiger partial charge in [-0.05, 0) is 50.7 Å². The van der Waals surface area contributed by atoms with Gasteiger partial charge in [-0.3, -0.25) is 4.79 Å². The number of hydrogen-bond acceptors (Lipinski definition) is 5. The highest BCUT2D eigenvalue weighted by Crippen LogP contribution is 2.23. The summed E-state index contributed by atoms with van der Waals surface area (Å²) in [6.07, 6.45) is 8.75. The van der Waals surface area contributed by atoms with E-state index >= 15 is 0 Å². The van der Waals surface area contributed by atoms with Crippen LogP contribution in [0.15, 0.2) is 72.5 Å². The van der Waals surface area contributed by atoms with E-state index in [1.54, 1.807) is 17.2 Å². The fourth-order valence-electron chi connectivity index (χ4n) is 2.89. The minimum Gasteiger partial charge on any atom is -0.369 e. The SMILES string of the molecule is C=C1C(F)=CC=CN1/C(C)=C\C.CCC.CN.O=CNCc1ccc(N2CCNCC2)cc1. The number of allylic oxidation sites excluding steroid dienone is 5. The van der Waals surface area contributed by atoms with Crippen molar-refractivity contribution in [2.75, 3.05) is 38.1 Å². The average Bonchev–Trinajstić information content (AvgIpc) is 2.87. The third kappa shape index (κ3) is 11.5. The third-order valence-electron chi connectivity index (χ3n) is 4.65. The van der Waals surface area contributed by atoms with E-state index in [9.17, 15) is 9.18 Å². The van der Waals surface area contributed by atoms with Crippen LogP contribution in [0.4, 0.5) is 10.1 Å². The summed E-state index contributed by atoms with van der Waals surface area (Å²) in [6.45, 7) is 16.5. The van der Waals surface area contributed by atoms with Gasteiger partial charge in [-0.25, -0.2) is 4.39 Å². The van der Waals surface area contributed by atoms with Crippen LogP contribution in [0.3, 0.4) is 0 Å². The van der Waals surface area contributed by atoms with Gasteiger partial charge in [0, 0.05) is 50.3 Å². The fraction of sp³-hybridized carbons (Fsp3) is 0.423. The average molecular weight is 460 g/mol. The van der Waals surface area contributed by atoms with Crippen molar-refractivity contribution in [3.63, 3.8) is 0 Å². The second kappa shape index (κ2) is 18.7. The molecule has 0 aliphatic carbocycles. The summed E-state index contributed by atoms with van der Waals surface area (Å²) in [7, 11) is 1.50. The highest BCUT2D eigenvalue weighted by molar-refractivity contribution is 5.49. The summed E-state index contributed by atoms with van der Waals surface area (Å²) in [5.74, 6) is -0.279. The van der Waals surface area contributed by atoms with Crippen LogP contribution >= 0.6 is 0 Å². The zero-order valence-corrected chi connectivity index (χ0v) is 20.9. The van der Waals surface area contributed by atoms with Crippen LogP contribution in [-0.4, -0.2) is 44.5 Å². The molecule has 0 unspecified atom stereocenters. The van der Waals surface area contributed by atoms with Gasteiger partial charge in [-0.15, -0.1) is 0 Å². The van der Waals surface area contributed by atoms with Crippen molar-refractivity contribution in [3.8, 4) is 0 Å². The molecule has 1 amide bonds. The molecule has 1 saturated heterocycles. The molecule has 4 N–H and O–H groups in total. The molecule has 0 bridgehead atoms. The predicted octanol–water partition coefficient (Wildman–Crippen LogP) is 4.44. The Bertz CT molecular complexity index is 765. The van der Waals surface area contributed by atoms with Gasteiger partial charge in [0.25, 0.3) is 0 Å². The molecular formula is C26H42FN5O. The number of hydrogen-bond donors (Lipinski definition) is 3. The lowest BCUT2D eigenvalue weighted by Crippen LogP contribution is -2.43. The van der Waals surface area contributed by atoms with Crippen molar-refractivity contribution in [2.45, 2.75) is 40.7 Å². The quantitative estimate of drug-likeness (QED) is 0.568. The zero-order valence-electron chi connectivity index (χ0n) is 20.9. The summed E-state index contributed by atoms with van der Waals surface area (Å²) >= 11 is 0. The summed E-state index contributed by atoms with van der Waals surface area (Å²) < 4.78 is 13.0. The largest absolute Gasteiger partial charge is 0.369 e. The molecule has 0 aromatic heterocycles. The topological polar surface area (TPSA) is 73.6 Å². The zero-order chi connectivity index (χ0) is 25.1. The lowest BCUT2D eigenvalue weighted by Gasteiger charge is -2.29. The number of benzene rings is 1. The molecule has 3 rings (SSSR count). The van der Waals surface area contributed by atoms with Gasteiger partial charge in [0.1, 0.15) is 5.83 Å². The number of rotatable bonds is 5. The van der Waals surface area contributed by atoms with Crippen LogP contribution in [-0.2, 0) is 11.3 Å². The number of carbonyl (C=O) groups excluding carboxylic acids is 1. The molecule has 2 aliphatic heterocycles. The van der Waals surface area contributed by atoms with Gasteiger partial charge in [0.2, 0.25) is 6.41 Å². The summed E-state index contributed by atoms with van der Waals surface area (Å²) in [6, 6.07) is 8.36. The smallest absolute Gasteiger partial charge is 0.207 e. The molecule has 1 aromatic carbocycles. The molecule has 0 radical (unpaired) electrons. The van der Waals surface area contributed by atoms with Gasteiger partial charge >= 0.3 is 0 Å². The number of amides is 1. The van der Waals surface area contributed by atoms with Crippen molar-refractivity contribution in [3.05, 3.63) is 78.1 Å². The summed E-state index contributed by atoms with van der Waals surface area (Å²) in [5, 5.41) is 5.99. The maximum atomic E-state index is 13.0. The van der Waals surface area contributed by atoms with Gasteiger partial charge in [0.05, 0.1) is 5.70 Å². The van der Waals surface area contributed by atoms with Crippen LogP contribution < -0.4 is 21.3 Å². The summed E-state index contributed by atoms with van der Waals surface area (Å²) in [5.41, 5.74) is 8.26. The highest BCUT2D eigenvalue weighted by atomic mass is 19.1. The van der Waals surface area contributed by atoms with E-state index in [1.807, 2.05) is 19.9 Å². The maximum absolute atomic E-state index is 13.0. The summed E-state index contributed by atoms with van der Waals surface area (Å²) in [4.78, 5) is 14.3. The van der Waals surface area contributed by atoms with Gasteiger partial charge in [-0.1, -0.05) is 45.1 Å². The predicted molar refractivity (Wildman–Crippen MR) is 139 cm³/mol. The number of nitrogens with zero attached hydrogens (tertiary/aromatic N) is 2. The van der Waals surface area contributed by atoms with Crippen LogP contribution in [0.1, 0.15) is 39.7 Å². The minimum absolute atomic E-state index is 0.279. The van der Waals surface area contributed by atoms with E-state index in [0.29, 0.717) is 12.2 Å². The lowest BCUT2D eigenvalue weighted by atomic mass is 10.2. The normalized spacial score (nSPS) is 15.1. The Balaban J connectivity index is 0.000000535. The number of nitrogens with two attached hydrogens (primary N) is 1. The lowest BCUT2D eigenvalue weighted by molar-refractivity contribution is -0.109. The molecule has 2 aliphatic rings. The molecule has 1 fully saturated rings. The molecular weight excluding hydrogens is 417 g/mol. The van der Waals surface area contributed by atoms with E-state index in [2.05, 4.69) is 66.0 Å². The van der Waals surface area contributed by atoms with E-state index < -0.39 is 0 Å². The molecule has 0 atom stereocenters. The van der Waals surface area contributed by atoms with Crippen molar-refractivity contribution < 1.29 is 9.18 Å². The fourth-order valence-corrected chi connectivity index (χ4v) is 2.89. The molecule has 6 nitrogen and oxygen atoms in total. The van der Waals surface area contributed by atoms with Crippen LogP contribution in [0.2, 0.25) is 0 Å². The molecule has 184 valence electrons. The van der Waals surface area contributed by atoms with Gasteiger partial charge in [-0.2, -0.15) is 0 Å². The van der Waals surface area contributed by atoms with E-state index in [0.717, 1.165) is 43.8 Å². The monoisotopic (exact) mass is 459 g/mol. The molecule has 7 heteroatoms. The molecule has 33 heavy (non-hydrogen) atoms. The first-order valence-electron chi connectivity index (χ1n) is 11.4.